The van der Waals surface area contributed by atoms with E-state index in [1.54, 1.807) is 19.6 Å². The second kappa shape index (κ2) is 9.94. The lowest BCUT2D eigenvalue weighted by molar-refractivity contribution is 0.0420. The Labute approximate surface area is 154 Å². The Hall–Kier alpha value is -2.38. The highest BCUT2D eigenvalue weighted by atomic mass is 16.5. The topological polar surface area (TPSA) is 72.7 Å². The molecule has 0 bridgehead atoms. The smallest absolute Gasteiger partial charge is 0.191 e. The van der Waals surface area contributed by atoms with Crippen molar-refractivity contribution < 1.29 is 9.47 Å². The first-order valence-electron chi connectivity index (χ1n) is 9.07. The van der Waals surface area contributed by atoms with Gasteiger partial charge in [-0.05, 0) is 24.5 Å². The molecular weight excluding hydrogens is 330 g/mol. The standard InChI is InChI=1S/C19H27N5O2/c1-20-19(22-8-4-11-26-17-7-12-25-14-17)23-13-16-5-2-3-6-18(16)24-10-9-21-15-24/h2-3,5-6,9-10,15,17H,4,7-8,11-14H2,1H3,(H2,20,22,23). The summed E-state index contributed by atoms with van der Waals surface area (Å²) in [7, 11) is 1.78. The van der Waals surface area contributed by atoms with Gasteiger partial charge in [-0.1, -0.05) is 18.2 Å². The minimum absolute atomic E-state index is 0.270. The predicted octanol–water partition coefficient (Wildman–Crippen LogP) is 1.73. The zero-order valence-electron chi connectivity index (χ0n) is 15.2. The third kappa shape index (κ3) is 5.31. The maximum absolute atomic E-state index is 5.77. The van der Waals surface area contributed by atoms with Gasteiger partial charge in [-0.25, -0.2) is 4.98 Å². The molecule has 1 atom stereocenters. The van der Waals surface area contributed by atoms with Gasteiger partial charge >= 0.3 is 0 Å². The van der Waals surface area contributed by atoms with Gasteiger partial charge in [-0.3, -0.25) is 4.99 Å². The molecule has 2 N–H and O–H groups in total. The van der Waals surface area contributed by atoms with E-state index in [9.17, 15) is 0 Å². The van der Waals surface area contributed by atoms with E-state index in [-0.39, 0.29) is 6.10 Å². The second-order valence-electron chi connectivity index (χ2n) is 6.16. The SMILES string of the molecule is CN=C(NCCCOC1CCOC1)NCc1ccccc1-n1ccnc1. The molecule has 0 radical (unpaired) electrons. The van der Waals surface area contributed by atoms with Gasteiger partial charge in [0.25, 0.3) is 0 Å². The van der Waals surface area contributed by atoms with Crippen LogP contribution in [0, 0.1) is 0 Å². The minimum Gasteiger partial charge on any atom is -0.379 e. The molecule has 1 aliphatic heterocycles. The molecule has 140 valence electrons. The number of rotatable bonds is 8. The largest absolute Gasteiger partial charge is 0.379 e. The van der Waals surface area contributed by atoms with E-state index in [4.69, 9.17) is 9.47 Å². The van der Waals surface area contributed by atoms with E-state index >= 15 is 0 Å². The number of aliphatic imine (C=N–C) groups is 1. The Morgan fingerprint density at radius 3 is 3.08 bits per heavy atom. The molecule has 3 rings (SSSR count). The number of para-hydroxylation sites is 1. The van der Waals surface area contributed by atoms with Crippen molar-refractivity contribution in [2.45, 2.75) is 25.5 Å². The number of benzene rings is 1. The summed E-state index contributed by atoms with van der Waals surface area (Å²) >= 11 is 0. The van der Waals surface area contributed by atoms with Crippen LogP contribution in [0.2, 0.25) is 0 Å². The number of guanidine groups is 1. The fraction of sp³-hybridized carbons (Fsp3) is 0.474. The van der Waals surface area contributed by atoms with Crippen molar-refractivity contribution in [3.63, 3.8) is 0 Å². The van der Waals surface area contributed by atoms with Crippen molar-refractivity contribution in [3.05, 3.63) is 48.5 Å². The van der Waals surface area contributed by atoms with E-state index in [1.807, 2.05) is 22.9 Å². The maximum Gasteiger partial charge on any atom is 0.191 e. The van der Waals surface area contributed by atoms with Gasteiger partial charge in [0, 0.05) is 45.7 Å². The van der Waals surface area contributed by atoms with Crippen LogP contribution in [0.1, 0.15) is 18.4 Å². The molecule has 1 aromatic heterocycles. The number of aromatic nitrogens is 2. The number of hydrogen-bond acceptors (Lipinski definition) is 4. The number of hydrogen-bond donors (Lipinski definition) is 2. The monoisotopic (exact) mass is 357 g/mol. The molecule has 0 spiro atoms. The summed E-state index contributed by atoms with van der Waals surface area (Å²) in [6.07, 6.45) is 7.75. The zero-order chi connectivity index (χ0) is 18.0. The summed E-state index contributed by atoms with van der Waals surface area (Å²) in [6, 6.07) is 8.26. The van der Waals surface area contributed by atoms with Crippen LogP contribution in [0.3, 0.4) is 0 Å². The normalized spacial score (nSPS) is 17.4. The average Bonchev–Trinajstić information content (AvgIpc) is 3.38. The van der Waals surface area contributed by atoms with Crippen LogP contribution in [-0.4, -0.2) is 55.0 Å². The average molecular weight is 357 g/mol. The van der Waals surface area contributed by atoms with Gasteiger partial charge in [0.2, 0.25) is 0 Å². The van der Waals surface area contributed by atoms with Crippen LogP contribution >= 0.6 is 0 Å². The Balaban J connectivity index is 1.41. The summed E-state index contributed by atoms with van der Waals surface area (Å²) in [6.45, 7) is 3.79. The highest BCUT2D eigenvalue weighted by Gasteiger charge is 2.15. The lowest BCUT2D eigenvalue weighted by atomic mass is 10.1. The third-order valence-electron chi connectivity index (χ3n) is 4.30. The van der Waals surface area contributed by atoms with Crippen LogP contribution in [0.4, 0.5) is 0 Å². The Bertz CT molecular complexity index is 681. The van der Waals surface area contributed by atoms with Gasteiger partial charge < -0.3 is 24.7 Å². The van der Waals surface area contributed by atoms with Crippen molar-refractivity contribution >= 4 is 5.96 Å². The molecule has 0 amide bonds. The first-order chi connectivity index (χ1) is 12.9. The van der Waals surface area contributed by atoms with Crippen LogP contribution in [0.15, 0.2) is 48.0 Å². The second-order valence-corrected chi connectivity index (χ2v) is 6.16. The van der Waals surface area contributed by atoms with E-state index in [1.165, 1.54) is 5.56 Å². The molecule has 26 heavy (non-hydrogen) atoms. The first kappa shape index (κ1) is 18.4. The molecular formula is C19H27N5O2. The number of ether oxygens (including phenoxy) is 2. The van der Waals surface area contributed by atoms with Gasteiger partial charge in [-0.2, -0.15) is 0 Å². The molecule has 1 saturated heterocycles. The van der Waals surface area contributed by atoms with E-state index in [2.05, 4.69) is 32.7 Å². The van der Waals surface area contributed by atoms with Gasteiger partial charge in [0.05, 0.1) is 24.7 Å². The molecule has 1 unspecified atom stereocenters. The van der Waals surface area contributed by atoms with Crippen molar-refractivity contribution in [2.24, 2.45) is 4.99 Å². The van der Waals surface area contributed by atoms with Crippen LogP contribution in [0.25, 0.3) is 5.69 Å². The minimum atomic E-state index is 0.270. The zero-order valence-corrected chi connectivity index (χ0v) is 15.2. The van der Waals surface area contributed by atoms with Crippen molar-refractivity contribution in [3.8, 4) is 5.69 Å². The van der Waals surface area contributed by atoms with E-state index in [0.29, 0.717) is 6.54 Å². The molecule has 2 heterocycles. The fourth-order valence-corrected chi connectivity index (χ4v) is 2.89. The maximum atomic E-state index is 5.77. The summed E-state index contributed by atoms with van der Waals surface area (Å²) in [5, 5.41) is 6.69. The number of nitrogens with one attached hydrogen (secondary N) is 2. The number of imidazole rings is 1. The van der Waals surface area contributed by atoms with Crippen LogP contribution in [-0.2, 0) is 16.0 Å². The summed E-state index contributed by atoms with van der Waals surface area (Å²) in [5.74, 6) is 0.787. The molecule has 2 aromatic rings. The van der Waals surface area contributed by atoms with Crippen molar-refractivity contribution in [1.82, 2.24) is 20.2 Å². The Morgan fingerprint density at radius 2 is 2.31 bits per heavy atom. The highest BCUT2D eigenvalue weighted by molar-refractivity contribution is 5.79. The van der Waals surface area contributed by atoms with Crippen molar-refractivity contribution in [1.29, 1.82) is 0 Å². The predicted molar refractivity (Wildman–Crippen MR) is 102 cm³/mol. The molecule has 0 aliphatic carbocycles. The fourth-order valence-electron chi connectivity index (χ4n) is 2.89. The lowest BCUT2D eigenvalue weighted by Gasteiger charge is -2.15. The summed E-state index contributed by atoms with van der Waals surface area (Å²) < 4.78 is 13.1. The van der Waals surface area contributed by atoms with Gasteiger partial charge in [-0.15, -0.1) is 0 Å². The highest BCUT2D eigenvalue weighted by Crippen LogP contribution is 2.13. The van der Waals surface area contributed by atoms with E-state index in [0.717, 1.165) is 50.9 Å². The molecule has 1 aliphatic rings. The first-order valence-corrected chi connectivity index (χ1v) is 9.07. The Kier molecular flexibility index (Phi) is 7.04. The molecule has 7 nitrogen and oxygen atoms in total. The molecule has 1 aromatic carbocycles. The lowest BCUT2D eigenvalue weighted by Crippen LogP contribution is -2.37. The summed E-state index contributed by atoms with van der Waals surface area (Å²) in [4.78, 5) is 8.41. The van der Waals surface area contributed by atoms with Gasteiger partial charge in [0.15, 0.2) is 5.96 Å². The molecule has 1 fully saturated rings. The number of nitrogens with zero attached hydrogens (tertiary/aromatic N) is 3. The van der Waals surface area contributed by atoms with Crippen molar-refractivity contribution in [2.75, 3.05) is 33.4 Å². The molecule has 0 saturated carbocycles. The van der Waals surface area contributed by atoms with Gasteiger partial charge in [0.1, 0.15) is 0 Å². The quantitative estimate of drug-likeness (QED) is 0.428. The van der Waals surface area contributed by atoms with E-state index < -0.39 is 0 Å². The van der Waals surface area contributed by atoms with Crippen LogP contribution < -0.4 is 10.6 Å². The van der Waals surface area contributed by atoms with Crippen LogP contribution in [0.5, 0.6) is 0 Å². The molecule has 7 heteroatoms. The Morgan fingerprint density at radius 1 is 1.38 bits per heavy atom. The summed E-state index contributed by atoms with van der Waals surface area (Å²) in [5.41, 5.74) is 2.29. The third-order valence-corrected chi connectivity index (χ3v) is 4.30.